The molecular formula is C19H18Cl3N5OS. The van der Waals surface area contributed by atoms with Crippen molar-refractivity contribution in [2.24, 2.45) is 0 Å². The highest BCUT2D eigenvalue weighted by Crippen LogP contribution is 2.33. The molecule has 3 rings (SSSR count). The molecule has 6 nitrogen and oxygen atoms in total. The van der Waals surface area contributed by atoms with Crippen molar-refractivity contribution < 1.29 is 4.79 Å². The molecule has 0 spiro atoms. The highest BCUT2D eigenvalue weighted by atomic mass is 35.5. The van der Waals surface area contributed by atoms with E-state index in [-0.39, 0.29) is 5.91 Å². The number of benzene rings is 1. The lowest BCUT2D eigenvalue weighted by molar-refractivity contribution is -0.115. The van der Waals surface area contributed by atoms with E-state index in [4.69, 9.17) is 34.8 Å². The molecule has 0 aliphatic carbocycles. The minimum absolute atomic E-state index is 0.230. The number of amides is 1. The van der Waals surface area contributed by atoms with E-state index in [0.717, 1.165) is 24.4 Å². The van der Waals surface area contributed by atoms with Crippen LogP contribution in [-0.2, 0) is 11.3 Å². The monoisotopic (exact) mass is 469 g/mol. The summed E-state index contributed by atoms with van der Waals surface area (Å²) in [6.45, 7) is 4.61. The van der Waals surface area contributed by atoms with Crippen LogP contribution in [-0.4, -0.2) is 30.9 Å². The van der Waals surface area contributed by atoms with Gasteiger partial charge in [-0.2, -0.15) is 0 Å². The van der Waals surface area contributed by atoms with Gasteiger partial charge < -0.3 is 9.88 Å². The Labute approximate surface area is 188 Å². The summed E-state index contributed by atoms with van der Waals surface area (Å²) in [6, 6.07) is 6.79. The molecule has 0 bridgehead atoms. The smallest absolute Gasteiger partial charge is 0.237 e. The fourth-order valence-corrected chi connectivity index (χ4v) is 4.05. The zero-order valence-corrected chi connectivity index (χ0v) is 18.8. The molecule has 3 aromatic rings. The lowest BCUT2D eigenvalue weighted by atomic mass is 10.2. The molecule has 1 N–H and O–H groups in total. The minimum Gasteiger partial charge on any atom is -0.324 e. The number of nitrogens with zero attached hydrogens (tertiary/aromatic N) is 4. The standard InChI is InChI=1S/C19H18Cl3N5OS/c1-3-8-27-17(12-4-6-23-7-5-12)25-26-19(27)29-11(2)18(28)24-16-10-14(21)13(20)9-15(16)22/h4-7,9-11H,3,8H2,1-2H3,(H,24,28). The SMILES string of the molecule is CCCn1c(SC(C)C(=O)Nc2cc(Cl)c(Cl)cc2Cl)nnc1-c1ccncc1. The topological polar surface area (TPSA) is 72.7 Å². The Bertz CT molecular complexity index is 1010. The van der Waals surface area contributed by atoms with Gasteiger partial charge in [0.15, 0.2) is 11.0 Å². The van der Waals surface area contributed by atoms with Crippen LogP contribution in [0.15, 0.2) is 41.8 Å². The number of nitrogens with one attached hydrogen (secondary N) is 1. The number of thioether (sulfide) groups is 1. The van der Waals surface area contributed by atoms with Crippen molar-refractivity contribution in [3.8, 4) is 11.4 Å². The number of carbonyl (C=O) groups excluding carboxylic acids is 1. The van der Waals surface area contributed by atoms with E-state index in [1.807, 2.05) is 16.7 Å². The van der Waals surface area contributed by atoms with E-state index in [1.165, 1.54) is 23.9 Å². The first-order valence-corrected chi connectivity index (χ1v) is 10.9. The molecule has 0 radical (unpaired) electrons. The Balaban J connectivity index is 1.78. The molecule has 0 saturated carbocycles. The molecule has 1 atom stereocenters. The van der Waals surface area contributed by atoms with Crippen LogP contribution in [0.25, 0.3) is 11.4 Å². The van der Waals surface area contributed by atoms with Gasteiger partial charge in [-0.3, -0.25) is 9.78 Å². The molecule has 152 valence electrons. The summed E-state index contributed by atoms with van der Waals surface area (Å²) < 4.78 is 2.01. The first-order chi connectivity index (χ1) is 13.9. The van der Waals surface area contributed by atoms with Crippen LogP contribution >= 0.6 is 46.6 Å². The molecule has 2 aromatic heterocycles. The number of pyridine rings is 1. The van der Waals surface area contributed by atoms with Gasteiger partial charge in [0.2, 0.25) is 5.91 Å². The fraction of sp³-hybridized carbons (Fsp3) is 0.263. The Morgan fingerprint density at radius 2 is 1.83 bits per heavy atom. The molecule has 1 aromatic carbocycles. The molecule has 10 heteroatoms. The summed E-state index contributed by atoms with van der Waals surface area (Å²) in [5, 5.41) is 12.6. The molecule has 0 saturated heterocycles. The quantitative estimate of drug-likeness (QED) is 0.347. The van der Waals surface area contributed by atoms with Gasteiger partial charge in [-0.25, -0.2) is 0 Å². The number of hydrogen-bond acceptors (Lipinski definition) is 5. The van der Waals surface area contributed by atoms with Gasteiger partial charge in [0, 0.05) is 24.5 Å². The third kappa shape index (κ3) is 5.22. The summed E-state index contributed by atoms with van der Waals surface area (Å²) in [5.41, 5.74) is 1.33. The van der Waals surface area contributed by atoms with Gasteiger partial charge in [-0.1, -0.05) is 53.5 Å². The second kappa shape index (κ2) is 9.80. The van der Waals surface area contributed by atoms with Crippen molar-refractivity contribution in [3.05, 3.63) is 51.7 Å². The molecule has 0 aliphatic rings. The maximum Gasteiger partial charge on any atom is 0.237 e. The second-order valence-corrected chi connectivity index (χ2v) is 8.72. The fourth-order valence-electron chi connectivity index (χ4n) is 2.58. The first-order valence-electron chi connectivity index (χ1n) is 8.86. The van der Waals surface area contributed by atoms with Gasteiger partial charge in [0.25, 0.3) is 0 Å². The Hall–Kier alpha value is -1.80. The van der Waals surface area contributed by atoms with Crippen LogP contribution in [0.2, 0.25) is 15.1 Å². The van der Waals surface area contributed by atoms with E-state index in [0.29, 0.717) is 25.9 Å². The Morgan fingerprint density at radius 3 is 2.52 bits per heavy atom. The van der Waals surface area contributed by atoms with Gasteiger partial charge in [0.05, 0.1) is 26.0 Å². The number of hydrogen-bond donors (Lipinski definition) is 1. The predicted molar refractivity (Wildman–Crippen MR) is 119 cm³/mol. The predicted octanol–water partition coefficient (Wildman–Crippen LogP) is 5.83. The van der Waals surface area contributed by atoms with Gasteiger partial charge in [-0.15, -0.1) is 10.2 Å². The average molecular weight is 471 g/mol. The van der Waals surface area contributed by atoms with E-state index in [9.17, 15) is 4.79 Å². The molecule has 1 amide bonds. The van der Waals surface area contributed by atoms with Crippen molar-refractivity contribution in [1.82, 2.24) is 19.7 Å². The first kappa shape index (κ1) is 21.9. The van der Waals surface area contributed by atoms with Crippen LogP contribution in [0.1, 0.15) is 20.3 Å². The lowest BCUT2D eigenvalue weighted by Gasteiger charge is -2.14. The van der Waals surface area contributed by atoms with Crippen molar-refractivity contribution >= 4 is 58.2 Å². The highest BCUT2D eigenvalue weighted by molar-refractivity contribution is 8.00. The summed E-state index contributed by atoms with van der Waals surface area (Å²) in [7, 11) is 0. The minimum atomic E-state index is -0.439. The van der Waals surface area contributed by atoms with Crippen LogP contribution in [0.4, 0.5) is 5.69 Å². The Kier molecular flexibility index (Phi) is 7.40. The van der Waals surface area contributed by atoms with Crippen molar-refractivity contribution in [1.29, 1.82) is 0 Å². The number of aromatic nitrogens is 4. The van der Waals surface area contributed by atoms with E-state index in [2.05, 4.69) is 27.4 Å². The van der Waals surface area contributed by atoms with Crippen LogP contribution < -0.4 is 5.32 Å². The molecule has 29 heavy (non-hydrogen) atoms. The van der Waals surface area contributed by atoms with Gasteiger partial charge >= 0.3 is 0 Å². The van der Waals surface area contributed by atoms with Crippen molar-refractivity contribution in [2.45, 2.75) is 37.2 Å². The largest absolute Gasteiger partial charge is 0.324 e. The van der Waals surface area contributed by atoms with E-state index < -0.39 is 5.25 Å². The maximum absolute atomic E-state index is 12.7. The number of halogens is 3. The Morgan fingerprint density at radius 1 is 1.14 bits per heavy atom. The average Bonchev–Trinajstić information content (AvgIpc) is 3.09. The zero-order valence-electron chi connectivity index (χ0n) is 15.7. The summed E-state index contributed by atoms with van der Waals surface area (Å²) >= 11 is 19.4. The van der Waals surface area contributed by atoms with Gasteiger partial charge in [-0.05, 0) is 37.6 Å². The normalized spacial score (nSPS) is 12.0. The van der Waals surface area contributed by atoms with Crippen LogP contribution in [0, 0.1) is 0 Å². The third-order valence-corrected chi connectivity index (χ3v) is 6.14. The molecule has 0 aliphatic heterocycles. The third-order valence-electron chi connectivity index (χ3n) is 4.02. The summed E-state index contributed by atoms with van der Waals surface area (Å²) in [6.07, 6.45) is 4.33. The second-order valence-electron chi connectivity index (χ2n) is 6.19. The lowest BCUT2D eigenvalue weighted by Crippen LogP contribution is -2.23. The molecule has 1 unspecified atom stereocenters. The summed E-state index contributed by atoms with van der Waals surface area (Å²) in [5.74, 6) is 0.517. The van der Waals surface area contributed by atoms with Crippen molar-refractivity contribution in [3.63, 3.8) is 0 Å². The highest BCUT2D eigenvalue weighted by Gasteiger charge is 2.21. The zero-order chi connectivity index (χ0) is 21.0. The summed E-state index contributed by atoms with van der Waals surface area (Å²) in [4.78, 5) is 16.7. The molecular weight excluding hydrogens is 453 g/mol. The number of anilines is 1. The molecule has 2 heterocycles. The number of carbonyl (C=O) groups is 1. The molecule has 0 fully saturated rings. The van der Waals surface area contributed by atoms with E-state index >= 15 is 0 Å². The number of rotatable bonds is 7. The van der Waals surface area contributed by atoms with Crippen molar-refractivity contribution in [2.75, 3.05) is 5.32 Å². The van der Waals surface area contributed by atoms with Gasteiger partial charge in [0.1, 0.15) is 0 Å². The van der Waals surface area contributed by atoms with Crippen LogP contribution in [0.3, 0.4) is 0 Å². The maximum atomic E-state index is 12.7. The van der Waals surface area contributed by atoms with Crippen LogP contribution in [0.5, 0.6) is 0 Å². The van der Waals surface area contributed by atoms with E-state index in [1.54, 1.807) is 19.3 Å².